The molecule has 4 heterocycles. The van der Waals surface area contributed by atoms with Crippen LogP contribution in [0.3, 0.4) is 0 Å². The van der Waals surface area contributed by atoms with Gasteiger partial charge in [-0.2, -0.15) is 18.2 Å². The highest BCUT2D eigenvalue weighted by Gasteiger charge is 2.44. The summed E-state index contributed by atoms with van der Waals surface area (Å²) in [6.07, 6.45) is -3.99. The molecule has 3 aliphatic rings. The van der Waals surface area contributed by atoms with E-state index >= 15 is 0 Å². The van der Waals surface area contributed by atoms with Crippen molar-refractivity contribution in [3.05, 3.63) is 11.3 Å². The molecule has 0 saturated carbocycles. The Kier molecular flexibility index (Phi) is 3.63. The van der Waals surface area contributed by atoms with E-state index in [1.165, 1.54) is 0 Å². The number of aromatic nitrogens is 2. The number of aryl methyl sites for hydroxylation is 1. The number of nitrogen functional groups attached to an aromatic ring is 1. The van der Waals surface area contributed by atoms with Crippen LogP contribution < -0.4 is 10.6 Å². The molecule has 27 heavy (non-hydrogen) atoms. The molecular formula is C18H22F3N5O. The first-order valence-electron chi connectivity index (χ1n) is 9.37. The van der Waals surface area contributed by atoms with Crippen LogP contribution in [0, 0.1) is 17.8 Å². The van der Waals surface area contributed by atoms with Gasteiger partial charge in [-0.15, -0.1) is 0 Å². The molecule has 2 aromatic rings. The van der Waals surface area contributed by atoms with E-state index in [0.29, 0.717) is 40.1 Å². The standard InChI is InChI=1S/C18H22F3N5O/c1-25-5-9-7-26(8-10(9)6-25)16-15-14(23-17(22)24-16)12-4-11(18(19,20)21)2-3-13(12)27-15/h9-11H,2-8H2,1H3,(H2,22,23,24)/t9-,10+,11?. The quantitative estimate of drug-likeness (QED) is 0.818. The molecular weight excluding hydrogens is 359 g/mol. The van der Waals surface area contributed by atoms with Gasteiger partial charge in [0.25, 0.3) is 0 Å². The Labute approximate surface area is 154 Å². The summed E-state index contributed by atoms with van der Waals surface area (Å²) in [6, 6.07) is 0. The summed E-state index contributed by atoms with van der Waals surface area (Å²) in [6.45, 7) is 3.81. The second-order valence-corrected chi connectivity index (χ2v) is 8.21. The van der Waals surface area contributed by atoms with E-state index in [2.05, 4.69) is 26.8 Å². The normalized spacial score (nSPS) is 28.7. The van der Waals surface area contributed by atoms with Crippen LogP contribution in [0.1, 0.15) is 17.7 Å². The molecule has 0 bridgehead atoms. The van der Waals surface area contributed by atoms with Gasteiger partial charge in [0, 0.05) is 38.2 Å². The van der Waals surface area contributed by atoms with Crippen molar-refractivity contribution >= 4 is 22.9 Å². The van der Waals surface area contributed by atoms with Crippen LogP contribution in [-0.4, -0.2) is 54.3 Å². The maximum absolute atomic E-state index is 13.2. The minimum absolute atomic E-state index is 0.0504. The van der Waals surface area contributed by atoms with Crippen LogP contribution in [0.25, 0.3) is 11.1 Å². The third kappa shape index (κ3) is 2.74. The van der Waals surface area contributed by atoms with Crippen LogP contribution in [-0.2, 0) is 12.8 Å². The fourth-order valence-electron chi connectivity index (χ4n) is 5.03. The molecule has 0 aromatic carbocycles. The minimum atomic E-state index is -4.21. The first-order chi connectivity index (χ1) is 12.8. The number of alkyl halides is 3. The van der Waals surface area contributed by atoms with Gasteiger partial charge in [-0.1, -0.05) is 0 Å². The Morgan fingerprint density at radius 3 is 2.48 bits per heavy atom. The summed E-state index contributed by atoms with van der Waals surface area (Å²) in [7, 11) is 2.13. The maximum atomic E-state index is 13.2. The van der Waals surface area contributed by atoms with Crippen LogP contribution in [0.5, 0.6) is 0 Å². The van der Waals surface area contributed by atoms with Crippen molar-refractivity contribution in [1.82, 2.24) is 14.9 Å². The molecule has 2 fully saturated rings. The summed E-state index contributed by atoms with van der Waals surface area (Å²) in [5, 5.41) is 0. The number of likely N-dealkylation sites (tertiary alicyclic amines) is 1. The van der Waals surface area contributed by atoms with Crippen LogP contribution in [0.15, 0.2) is 4.42 Å². The number of nitrogens with zero attached hydrogens (tertiary/aromatic N) is 4. The molecule has 146 valence electrons. The lowest BCUT2D eigenvalue weighted by molar-refractivity contribution is -0.177. The maximum Gasteiger partial charge on any atom is 0.392 e. The van der Waals surface area contributed by atoms with Gasteiger partial charge in [0.05, 0.1) is 5.92 Å². The number of hydrogen-bond donors (Lipinski definition) is 1. The summed E-state index contributed by atoms with van der Waals surface area (Å²) in [5.74, 6) is 1.11. The van der Waals surface area contributed by atoms with Gasteiger partial charge < -0.3 is 20.0 Å². The molecule has 5 rings (SSSR count). The molecule has 9 heteroatoms. The molecule has 6 nitrogen and oxygen atoms in total. The molecule has 0 spiro atoms. The predicted octanol–water partition coefficient (Wildman–Crippen LogP) is 2.47. The zero-order chi connectivity index (χ0) is 18.9. The zero-order valence-electron chi connectivity index (χ0n) is 15.1. The first-order valence-corrected chi connectivity index (χ1v) is 9.37. The van der Waals surface area contributed by atoms with Crippen molar-refractivity contribution in [2.45, 2.75) is 25.4 Å². The lowest BCUT2D eigenvalue weighted by Crippen LogP contribution is -2.28. The average molecular weight is 381 g/mol. The van der Waals surface area contributed by atoms with Gasteiger partial charge in [-0.05, 0) is 31.7 Å². The second-order valence-electron chi connectivity index (χ2n) is 8.21. The van der Waals surface area contributed by atoms with Gasteiger partial charge in [0.1, 0.15) is 11.3 Å². The summed E-state index contributed by atoms with van der Waals surface area (Å²) in [4.78, 5) is 13.2. The number of anilines is 2. The highest BCUT2D eigenvalue weighted by atomic mass is 19.4. The van der Waals surface area contributed by atoms with Gasteiger partial charge in [-0.3, -0.25) is 0 Å². The number of hydrogen-bond acceptors (Lipinski definition) is 6. The molecule has 2 aromatic heterocycles. The Hall–Kier alpha value is -2.03. The third-order valence-electron chi connectivity index (χ3n) is 6.31. The Bertz CT molecular complexity index is 881. The van der Waals surface area contributed by atoms with Crippen molar-refractivity contribution in [2.24, 2.45) is 17.8 Å². The number of fused-ring (bicyclic) bond motifs is 4. The number of rotatable bonds is 1. The molecule has 0 radical (unpaired) electrons. The second kappa shape index (κ2) is 5.73. The van der Waals surface area contributed by atoms with E-state index in [0.717, 1.165) is 26.2 Å². The minimum Gasteiger partial charge on any atom is -0.455 e. The lowest BCUT2D eigenvalue weighted by atomic mass is 9.87. The van der Waals surface area contributed by atoms with E-state index in [4.69, 9.17) is 10.2 Å². The van der Waals surface area contributed by atoms with E-state index in [1.807, 2.05) is 0 Å². The fraction of sp³-hybridized carbons (Fsp3) is 0.667. The molecule has 1 aliphatic carbocycles. The van der Waals surface area contributed by atoms with Crippen LogP contribution in [0.4, 0.5) is 24.9 Å². The predicted molar refractivity (Wildman–Crippen MR) is 94.5 cm³/mol. The number of nitrogens with two attached hydrogens (primary N) is 1. The highest BCUT2D eigenvalue weighted by Crippen LogP contribution is 2.43. The average Bonchev–Trinajstić information content (AvgIpc) is 3.23. The molecule has 2 aliphatic heterocycles. The molecule has 1 unspecified atom stereocenters. The topological polar surface area (TPSA) is 71.4 Å². The SMILES string of the molecule is CN1C[C@@H]2CN(c3nc(N)nc4c5c(oc34)CCC(C(F)(F)F)C5)C[C@@H]2C1. The first kappa shape index (κ1) is 17.1. The Balaban J connectivity index is 1.53. The van der Waals surface area contributed by atoms with Gasteiger partial charge >= 0.3 is 6.18 Å². The molecule has 2 saturated heterocycles. The molecule has 3 atom stereocenters. The van der Waals surface area contributed by atoms with Crippen molar-refractivity contribution in [1.29, 1.82) is 0 Å². The Morgan fingerprint density at radius 1 is 1.11 bits per heavy atom. The van der Waals surface area contributed by atoms with E-state index in [1.54, 1.807) is 0 Å². The fourth-order valence-corrected chi connectivity index (χ4v) is 5.03. The zero-order valence-corrected chi connectivity index (χ0v) is 15.1. The van der Waals surface area contributed by atoms with Crippen molar-refractivity contribution in [2.75, 3.05) is 43.9 Å². The lowest BCUT2D eigenvalue weighted by Gasteiger charge is -2.23. The van der Waals surface area contributed by atoms with E-state index < -0.39 is 12.1 Å². The molecule has 0 amide bonds. The van der Waals surface area contributed by atoms with Crippen LogP contribution >= 0.6 is 0 Å². The number of halogens is 3. The van der Waals surface area contributed by atoms with Gasteiger partial charge in [0.2, 0.25) is 5.95 Å². The number of furan rings is 1. The smallest absolute Gasteiger partial charge is 0.392 e. The summed E-state index contributed by atoms with van der Waals surface area (Å²) < 4.78 is 45.6. The van der Waals surface area contributed by atoms with Crippen molar-refractivity contribution in [3.8, 4) is 0 Å². The third-order valence-corrected chi connectivity index (χ3v) is 6.31. The van der Waals surface area contributed by atoms with Crippen molar-refractivity contribution < 1.29 is 17.6 Å². The van der Waals surface area contributed by atoms with Crippen LogP contribution in [0.2, 0.25) is 0 Å². The monoisotopic (exact) mass is 381 g/mol. The largest absolute Gasteiger partial charge is 0.455 e. The summed E-state index contributed by atoms with van der Waals surface area (Å²) in [5.41, 5.74) is 7.42. The highest BCUT2D eigenvalue weighted by molar-refractivity contribution is 5.89. The van der Waals surface area contributed by atoms with E-state index in [-0.39, 0.29) is 25.2 Å². The van der Waals surface area contributed by atoms with Gasteiger partial charge in [0.15, 0.2) is 11.4 Å². The summed E-state index contributed by atoms with van der Waals surface area (Å²) >= 11 is 0. The van der Waals surface area contributed by atoms with E-state index in [9.17, 15) is 13.2 Å². The van der Waals surface area contributed by atoms with Gasteiger partial charge in [-0.25, -0.2) is 4.98 Å². The Morgan fingerprint density at radius 2 is 1.81 bits per heavy atom. The molecule has 2 N–H and O–H groups in total. The van der Waals surface area contributed by atoms with Crippen molar-refractivity contribution in [3.63, 3.8) is 0 Å².